The van der Waals surface area contributed by atoms with Gasteiger partial charge in [0.15, 0.2) is 0 Å². The highest BCUT2D eigenvalue weighted by Crippen LogP contribution is 2.37. The molecule has 1 saturated carbocycles. The number of anilines is 1. The smallest absolute Gasteiger partial charge is 0.211 e. The number of amides is 1. The number of aliphatic hydroxyl groups excluding tert-OH is 1. The minimum Gasteiger partial charge on any atom is -0.491 e. The average Bonchev–Trinajstić information content (AvgIpc) is 3.60. The Bertz CT molecular complexity index is 1160. The number of rotatable bonds is 12. The molecule has 0 spiro atoms. The van der Waals surface area contributed by atoms with Crippen LogP contribution in [0.25, 0.3) is 10.9 Å². The highest BCUT2D eigenvalue weighted by Gasteiger charge is 2.24. The number of nitrogens with zero attached hydrogens (tertiary/aromatic N) is 1. The number of hydrogen-bond acceptors (Lipinski definition) is 6. The number of carbonyl (C=O) groups excluding carboxylic acids is 2. The number of carbonyl (C=O) groups is 2. The van der Waals surface area contributed by atoms with Crippen molar-refractivity contribution in [1.29, 1.82) is 0 Å². The Morgan fingerprint density at radius 2 is 2.06 bits per heavy atom. The molecule has 2 N–H and O–H groups in total. The number of aromatic nitrogens is 1. The molecule has 1 aliphatic carbocycles. The molecule has 0 aliphatic heterocycles. The van der Waals surface area contributed by atoms with Crippen LogP contribution in [0.1, 0.15) is 31.2 Å². The minimum atomic E-state index is 0.0102. The molecule has 7 nitrogen and oxygen atoms in total. The van der Waals surface area contributed by atoms with Crippen molar-refractivity contribution in [2.75, 3.05) is 18.5 Å². The maximum Gasteiger partial charge on any atom is 0.211 e. The van der Waals surface area contributed by atoms with Crippen molar-refractivity contribution >= 4 is 40.4 Å². The van der Waals surface area contributed by atoms with Crippen LogP contribution in [-0.2, 0) is 16.0 Å². The Balaban J connectivity index is 1.56. The fourth-order valence-corrected chi connectivity index (χ4v) is 3.81. The molecule has 172 valence electrons. The second-order valence-electron chi connectivity index (χ2n) is 8.08. The lowest BCUT2D eigenvalue weighted by atomic mass is 10.0. The van der Waals surface area contributed by atoms with Gasteiger partial charge in [-0.05, 0) is 48.6 Å². The average molecular weight is 469 g/mol. The monoisotopic (exact) mass is 468 g/mol. The normalized spacial score (nSPS) is 13.0. The first-order valence-electron chi connectivity index (χ1n) is 10.9. The van der Waals surface area contributed by atoms with Crippen LogP contribution in [0.5, 0.6) is 17.2 Å². The zero-order valence-electron chi connectivity index (χ0n) is 18.1. The van der Waals surface area contributed by atoms with Crippen LogP contribution < -0.4 is 14.8 Å². The molecule has 1 aliphatic rings. The molecule has 0 unspecified atom stereocenters. The number of pyridine rings is 1. The van der Waals surface area contributed by atoms with Crippen molar-refractivity contribution in [3.63, 3.8) is 0 Å². The van der Waals surface area contributed by atoms with Crippen molar-refractivity contribution in [3.8, 4) is 17.2 Å². The van der Waals surface area contributed by atoms with Gasteiger partial charge in [0.05, 0.1) is 17.8 Å². The summed E-state index contributed by atoms with van der Waals surface area (Å²) in [6.45, 7) is 0.316. The Hall–Kier alpha value is -3.16. The Morgan fingerprint density at radius 3 is 2.79 bits per heavy atom. The van der Waals surface area contributed by atoms with Crippen LogP contribution in [-0.4, -0.2) is 35.5 Å². The van der Waals surface area contributed by atoms with Crippen LogP contribution in [0.15, 0.2) is 42.6 Å². The van der Waals surface area contributed by atoms with Crippen LogP contribution in [0, 0.1) is 5.92 Å². The highest BCUT2D eigenvalue weighted by molar-refractivity contribution is 6.31. The van der Waals surface area contributed by atoms with Crippen molar-refractivity contribution in [3.05, 3.63) is 53.2 Å². The third-order valence-electron chi connectivity index (χ3n) is 5.43. The number of aliphatic hydroxyl groups is 1. The molecule has 0 bridgehead atoms. The van der Waals surface area contributed by atoms with Crippen molar-refractivity contribution in [2.45, 2.75) is 32.1 Å². The number of nitrogens with one attached hydrogen (secondary N) is 1. The number of fused-ring (bicyclic) bond motifs is 1. The molecule has 1 aromatic heterocycles. The SMILES string of the molecule is O=CNc1cc2c(Oc3ccc(CC(=O)CC4CC4)c(Cl)c3)ccnc2cc1OCCCO. The van der Waals surface area contributed by atoms with Gasteiger partial charge in [-0.25, -0.2) is 0 Å². The summed E-state index contributed by atoms with van der Waals surface area (Å²) in [5.41, 5.74) is 1.88. The quantitative estimate of drug-likeness (QED) is 0.289. The van der Waals surface area contributed by atoms with Gasteiger partial charge in [0.2, 0.25) is 6.41 Å². The number of benzene rings is 2. The number of hydrogen-bond donors (Lipinski definition) is 2. The first-order valence-corrected chi connectivity index (χ1v) is 11.3. The number of halogens is 1. The van der Waals surface area contributed by atoms with E-state index in [2.05, 4.69) is 10.3 Å². The predicted octanol–water partition coefficient (Wildman–Crippen LogP) is 4.92. The van der Waals surface area contributed by atoms with E-state index in [4.69, 9.17) is 26.2 Å². The van der Waals surface area contributed by atoms with Gasteiger partial charge >= 0.3 is 0 Å². The number of Topliss-reactive ketones (excluding diaryl/α,β-unsaturated/α-hetero) is 1. The molecule has 1 fully saturated rings. The Kier molecular flexibility index (Phi) is 7.42. The first kappa shape index (κ1) is 23.0. The summed E-state index contributed by atoms with van der Waals surface area (Å²) in [7, 11) is 0. The molecule has 2 aromatic carbocycles. The standard InChI is InChI=1S/C25H25ClN2O5/c26-21-12-19(5-4-17(21)11-18(31)10-16-2-3-16)33-24-6-7-27-22-14-25(32-9-1-8-29)23(28-15-30)13-20(22)24/h4-7,12-16,29H,1-3,8-11H2,(H,28,30). The van der Waals surface area contributed by atoms with Crippen molar-refractivity contribution in [1.82, 2.24) is 4.98 Å². The third kappa shape index (κ3) is 6.00. The van der Waals surface area contributed by atoms with E-state index in [-0.39, 0.29) is 12.4 Å². The summed E-state index contributed by atoms with van der Waals surface area (Å²) in [5.74, 6) is 2.28. The summed E-state index contributed by atoms with van der Waals surface area (Å²) in [4.78, 5) is 27.6. The van der Waals surface area contributed by atoms with Gasteiger partial charge < -0.3 is 19.9 Å². The van der Waals surface area contributed by atoms with Gasteiger partial charge in [0.1, 0.15) is 23.0 Å². The van der Waals surface area contributed by atoms with Crippen LogP contribution in [0.4, 0.5) is 5.69 Å². The second-order valence-corrected chi connectivity index (χ2v) is 8.49. The molecule has 0 atom stereocenters. The third-order valence-corrected chi connectivity index (χ3v) is 5.78. The fourth-order valence-electron chi connectivity index (χ4n) is 3.57. The van der Waals surface area contributed by atoms with Crippen LogP contribution in [0.3, 0.4) is 0 Å². The van der Waals surface area contributed by atoms with E-state index in [1.807, 2.05) is 6.07 Å². The van der Waals surface area contributed by atoms with E-state index < -0.39 is 0 Å². The summed E-state index contributed by atoms with van der Waals surface area (Å²) in [5, 5.41) is 12.8. The molecular weight excluding hydrogens is 444 g/mol. The van der Waals surface area contributed by atoms with Gasteiger partial charge in [-0.3, -0.25) is 14.6 Å². The zero-order valence-corrected chi connectivity index (χ0v) is 18.8. The summed E-state index contributed by atoms with van der Waals surface area (Å²) in [6.07, 6.45) is 5.90. The van der Waals surface area contributed by atoms with Crippen LogP contribution >= 0.6 is 11.6 Å². The second kappa shape index (κ2) is 10.6. The summed E-state index contributed by atoms with van der Waals surface area (Å²) in [6, 6.07) is 10.5. The molecule has 8 heteroatoms. The van der Waals surface area contributed by atoms with E-state index in [1.54, 1.807) is 36.5 Å². The lowest BCUT2D eigenvalue weighted by Crippen LogP contribution is -2.04. The van der Waals surface area contributed by atoms with Crippen molar-refractivity contribution < 1.29 is 24.2 Å². The molecule has 0 radical (unpaired) electrons. The maximum absolute atomic E-state index is 12.2. The lowest BCUT2D eigenvalue weighted by molar-refractivity contribution is -0.118. The summed E-state index contributed by atoms with van der Waals surface area (Å²) >= 11 is 6.43. The van der Waals surface area contributed by atoms with E-state index >= 15 is 0 Å². The molecule has 33 heavy (non-hydrogen) atoms. The minimum absolute atomic E-state index is 0.0102. The Morgan fingerprint density at radius 1 is 1.21 bits per heavy atom. The number of ether oxygens (including phenoxy) is 2. The largest absolute Gasteiger partial charge is 0.491 e. The fraction of sp³-hybridized carbons (Fsp3) is 0.320. The first-order chi connectivity index (χ1) is 16.1. The maximum atomic E-state index is 12.2. The molecule has 1 heterocycles. The predicted molar refractivity (Wildman–Crippen MR) is 126 cm³/mol. The van der Waals surface area contributed by atoms with Gasteiger partial charge in [-0.1, -0.05) is 17.7 Å². The molecule has 0 saturated heterocycles. The topological polar surface area (TPSA) is 97.8 Å². The molecule has 4 rings (SSSR count). The lowest BCUT2D eigenvalue weighted by Gasteiger charge is -2.14. The van der Waals surface area contributed by atoms with E-state index in [0.717, 1.165) is 18.4 Å². The van der Waals surface area contributed by atoms with Gasteiger partial charge in [-0.15, -0.1) is 0 Å². The Labute approximate surface area is 196 Å². The zero-order chi connectivity index (χ0) is 23.2. The van der Waals surface area contributed by atoms with Gasteiger partial charge in [0.25, 0.3) is 0 Å². The van der Waals surface area contributed by atoms with E-state index in [1.165, 1.54) is 0 Å². The van der Waals surface area contributed by atoms with Gasteiger partial charge in [-0.2, -0.15) is 0 Å². The molecular formula is C25H25ClN2O5. The number of ketones is 1. The molecule has 3 aromatic rings. The van der Waals surface area contributed by atoms with E-state index in [0.29, 0.717) is 77.1 Å². The summed E-state index contributed by atoms with van der Waals surface area (Å²) < 4.78 is 11.8. The van der Waals surface area contributed by atoms with Crippen LogP contribution in [0.2, 0.25) is 5.02 Å². The van der Waals surface area contributed by atoms with Crippen molar-refractivity contribution in [2.24, 2.45) is 5.92 Å². The highest BCUT2D eigenvalue weighted by atomic mass is 35.5. The van der Waals surface area contributed by atoms with Gasteiger partial charge in [0, 0.05) is 48.5 Å². The molecule has 1 amide bonds. The van der Waals surface area contributed by atoms with E-state index in [9.17, 15) is 9.59 Å².